The molecule has 2 aromatic rings. The monoisotopic (exact) mass is 283 g/mol. The second-order valence-corrected chi connectivity index (χ2v) is 4.67. The lowest BCUT2D eigenvalue weighted by atomic mass is 9.96. The van der Waals surface area contributed by atoms with Gasteiger partial charge >= 0.3 is 6.18 Å². The largest absolute Gasteiger partial charge is 0.416 e. The fraction of sp³-hybridized carbons (Fsp3) is 0.357. The summed E-state index contributed by atoms with van der Waals surface area (Å²) in [4.78, 5) is 0. The van der Waals surface area contributed by atoms with Crippen molar-refractivity contribution in [2.24, 2.45) is 7.05 Å². The normalized spacial score (nSPS) is 13.5. The number of rotatable bonds is 3. The number of benzene rings is 1. The highest BCUT2D eigenvalue weighted by Gasteiger charge is 2.31. The first-order chi connectivity index (χ1) is 9.34. The molecule has 1 aromatic carbocycles. The van der Waals surface area contributed by atoms with Crippen molar-refractivity contribution in [2.75, 3.05) is 7.05 Å². The van der Waals surface area contributed by atoms with Gasteiger partial charge in [0.05, 0.1) is 17.3 Å². The first-order valence-electron chi connectivity index (χ1n) is 6.17. The molecule has 20 heavy (non-hydrogen) atoms. The van der Waals surface area contributed by atoms with Gasteiger partial charge in [0, 0.05) is 13.2 Å². The van der Waals surface area contributed by atoms with Crippen molar-refractivity contribution in [3.05, 3.63) is 52.8 Å². The average Bonchev–Trinajstić information content (AvgIpc) is 2.77. The zero-order chi connectivity index (χ0) is 14.9. The predicted octanol–water partition coefficient (Wildman–Crippen LogP) is 3.06. The van der Waals surface area contributed by atoms with E-state index in [0.717, 1.165) is 17.3 Å². The number of aryl methyl sites for hydroxylation is 2. The zero-order valence-electron chi connectivity index (χ0n) is 11.5. The van der Waals surface area contributed by atoms with Crippen LogP contribution in [-0.2, 0) is 13.2 Å². The van der Waals surface area contributed by atoms with Crippen molar-refractivity contribution in [1.29, 1.82) is 0 Å². The second kappa shape index (κ2) is 5.28. The van der Waals surface area contributed by atoms with Gasteiger partial charge in [-0.3, -0.25) is 4.68 Å². The van der Waals surface area contributed by atoms with E-state index < -0.39 is 11.7 Å². The molecule has 0 aliphatic heterocycles. The third-order valence-electron chi connectivity index (χ3n) is 3.35. The first-order valence-corrected chi connectivity index (χ1v) is 6.17. The maximum absolute atomic E-state index is 12.7. The van der Waals surface area contributed by atoms with Crippen molar-refractivity contribution < 1.29 is 13.2 Å². The number of hydrogen-bond donors (Lipinski definition) is 1. The molecule has 1 N–H and O–H groups in total. The molecule has 0 amide bonds. The highest BCUT2D eigenvalue weighted by Crippen LogP contribution is 2.32. The van der Waals surface area contributed by atoms with E-state index in [-0.39, 0.29) is 6.04 Å². The molecule has 108 valence electrons. The van der Waals surface area contributed by atoms with Gasteiger partial charge in [-0.1, -0.05) is 6.07 Å². The molecule has 6 heteroatoms. The average molecular weight is 283 g/mol. The topological polar surface area (TPSA) is 29.9 Å². The number of aromatic nitrogens is 2. The van der Waals surface area contributed by atoms with Gasteiger partial charge in [-0.2, -0.15) is 18.3 Å². The van der Waals surface area contributed by atoms with Gasteiger partial charge in [0.2, 0.25) is 0 Å². The van der Waals surface area contributed by atoms with E-state index in [2.05, 4.69) is 10.4 Å². The van der Waals surface area contributed by atoms with Crippen LogP contribution in [0.4, 0.5) is 13.2 Å². The molecule has 0 spiro atoms. The minimum atomic E-state index is -4.31. The molecule has 2 rings (SSSR count). The number of nitrogens with zero attached hydrogens (tertiary/aromatic N) is 2. The van der Waals surface area contributed by atoms with E-state index in [1.165, 1.54) is 12.1 Å². The van der Waals surface area contributed by atoms with E-state index in [1.807, 2.05) is 6.07 Å². The van der Waals surface area contributed by atoms with Crippen LogP contribution in [-0.4, -0.2) is 16.8 Å². The molecule has 3 nitrogen and oxygen atoms in total. The molecule has 0 saturated carbocycles. The number of alkyl halides is 3. The highest BCUT2D eigenvalue weighted by atomic mass is 19.4. The Balaban J connectivity index is 2.44. The van der Waals surface area contributed by atoms with Gasteiger partial charge in [0.15, 0.2) is 0 Å². The van der Waals surface area contributed by atoms with Gasteiger partial charge in [0.1, 0.15) is 0 Å². The summed E-state index contributed by atoms with van der Waals surface area (Å²) in [5.74, 6) is 0. The summed E-state index contributed by atoms with van der Waals surface area (Å²) >= 11 is 0. The molecule has 0 saturated heterocycles. The Morgan fingerprint density at radius 2 is 1.95 bits per heavy atom. The summed E-state index contributed by atoms with van der Waals surface area (Å²) in [6, 6.07) is 5.47. The Labute approximate surface area is 115 Å². The maximum Gasteiger partial charge on any atom is 0.416 e. The van der Waals surface area contributed by atoms with Crippen molar-refractivity contribution >= 4 is 0 Å². The zero-order valence-corrected chi connectivity index (χ0v) is 11.5. The quantitative estimate of drug-likeness (QED) is 0.938. The maximum atomic E-state index is 12.7. The van der Waals surface area contributed by atoms with E-state index in [9.17, 15) is 13.2 Å². The van der Waals surface area contributed by atoms with Crippen LogP contribution in [0.25, 0.3) is 0 Å². The van der Waals surface area contributed by atoms with Crippen LogP contribution in [0.5, 0.6) is 0 Å². The standard InChI is InChI=1S/C14H16F3N3/c1-9-8-10(14(15,16)17)4-5-11(9)13(18-2)12-6-7-19-20(12)3/h4-8,13,18H,1-3H3. The Morgan fingerprint density at radius 1 is 1.25 bits per heavy atom. The summed E-state index contributed by atoms with van der Waals surface area (Å²) in [5, 5.41) is 7.21. The fourth-order valence-electron chi connectivity index (χ4n) is 2.31. The molecule has 0 fully saturated rings. The Bertz CT molecular complexity index is 602. The van der Waals surface area contributed by atoms with Crippen LogP contribution in [0.1, 0.15) is 28.4 Å². The predicted molar refractivity (Wildman–Crippen MR) is 70.3 cm³/mol. The lowest BCUT2D eigenvalue weighted by molar-refractivity contribution is -0.137. The number of halogens is 3. The lowest BCUT2D eigenvalue weighted by Gasteiger charge is -2.20. The summed E-state index contributed by atoms with van der Waals surface area (Å²) in [6.45, 7) is 1.69. The van der Waals surface area contributed by atoms with Crippen LogP contribution in [0.15, 0.2) is 30.5 Å². The second-order valence-electron chi connectivity index (χ2n) is 4.67. The van der Waals surface area contributed by atoms with Crippen molar-refractivity contribution in [3.63, 3.8) is 0 Å². The van der Waals surface area contributed by atoms with Crippen LogP contribution >= 0.6 is 0 Å². The molecule has 1 heterocycles. The summed E-state index contributed by atoms with van der Waals surface area (Å²) in [7, 11) is 3.58. The van der Waals surface area contributed by atoms with Gasteiger partial charge in [0.25, 0.3) is 0 Å². The highest BCUT2D eigenvalue weighted by molar-refractivity contribution is 5.38. The van der Waals surface area contributed by atoms with Crippen molar-refractivity contribution in [3.8, 4) is 0 Å². The Kier molecular flexibility index (Phi) is 3.85. The molecule has 0 radical (unpaired) electrons. The lowest BCUT2D eigenvalue weighted by Crippen LogP contribution is -2.22. The van der Waals surface area contributed by atoms with Gasteiger partial charge in [-0.05, 0) is 43.3 Å². The molecular weight excluding hydrogens is 267 g/mol. The molecule has 1 atom stereocenters. The van der Waals surface area contributed by atoms with E-state index >= 15 is 0 Å². The van der Waals surface area contributed by atoms with E-state index in [4.69, 9.17) is 0 Å². The molecule has 0 aliphatic carbocycles. The number of hydrogen-bond acceptors (Lipinski definition) is 2. The number of nitrogens with one attached hydrogen (secondary N) is 1. The van der Waals surface area contributed by atoms with Crippen molar-refractivity contribution in [2.45, 2.75) is 19.1 Å². The molecular formula is C14H16F3N3. The summed E-state index contributed by atoms with van der Waals surface area (Å²) < 4.78 is 39.8. The van der Waals surface area contributed by atoms with Crippen LogP contribution in [0, 0.1) is 6.92 Å². The van der Waals surface area contributed by atoms with Crippen molar-refractivity contribution in [1.82, 2.24) is 15.1 Å². The van der Waals surface area contributed by atoms with Crippen LogP contribution < -0.4 is 5.32 Å². The first kappa shape index (κ1) is 14.6. The fourth-order valence-corrected chi connectivity index (χ4v) is 2.31. The van der Waals surface area contributed by atoms with E-state index in [1.54, 1.807) is 31.9 Å². The molecule has 0 bridgehead atoms. The van der Waals surface area contributed by atoms with Crippen LogP contribution in [0.2, 0.25) is 0 Å². The van der Waals surface area contributed by atoms with E-state index in [0.29, 0.717) is 5.56 Å². The molecule has 1 unspecified atom stereocenters. The van der Waals surface area contributed by atoms with Crippen LogP contribution in [0.3, 0.4) is 0 Å². The molecule has 1 aromatic heterocycles. The Morgan fingerprint density at radius 3 is 2.40 bits per heavy atom. The van der Waals surface area contributed by atoms with Gasteiger partial charge < -0.3 is 5.32 Å². The van der Waals surface area contributed by atoms with Gasteiger partial charge in [-0.25, -0.2) is 0 Å². The SMILES string of the molecule is CNC(c1ccc(C(F)(F)F)cc1C)c1ccnn1C. The smallest absolute Gasteiger partial charge is 0.308 e. The minimum Gasteiger partial charge on any atom is -0.308 e. The third-order valence-corrected chi connectivity index (χ3v) is 3.35. The Hall–Kier alpha value is -1.82. The molecule has 0 aliphatic rings. The third kappa shape index (κ3) is 2.70. The van der Waals surface area contributed by atoms with Gasteiger partial charge in [-0.15, -0.1) is 0 Å². The summed E-state index contributed by atoms with van der Waals surface area (Å²) in [6.07, 6.45) is -2.65. The summed E-state index contributed by atoms with van der Waals surface area (Å²) in [5.41, 5.74) is 1.68. The minimum absolute atomic E-state index is 0.190.